The van der Waals surface area contributed by atoms with Crippen LogP contribution in [0.25, 0.3) is 33.5 Å². The Morgan fingerprint density at radius 2 is 1.76 bits per heavy atom. The minimum atomic E-state index is -0.292. The lowest BCUT2D eigenvalue weighted by molar-refractivity contribution is 0.267. The second-order valence-electron chi connectivity index (χ2n) is 9.50. The van der Waals surface area contributed by atoms with Gasteiger partial charge < -0.3 is 13.9 Å². The molecule has 0 saturated carbocycles. The molecule has 0 spiro atoms. The largest absolute Gasteiger partial charge is 0.490 e. The molecule has 0 unspecified atom stereocenters. The maximum Gasteiger partial charge on any atom is 0.282 e. The van der Waals surface area contributed by atoms with Crippen molar-refractivity contribution in [1.29, 1.82) is 0 Å². The van der Waals surface area contributed by atoms with Crippen molar-refractivity contribution in [2.45, 2.75) is 20.5 Å². The number of benzene rings is 4. The van der Waals surface area contributed by atoms with Gasteiger partial charge >= 0.3 is 0 Å². The van der Waals surface area contributed by atoms with E-state index in [1.165, 1.54) is 10.2 Å². The van der Waals surface area contributed by atoms with Gasteiger partial charge in [-0.3, -0.25) is 4.79 Å². The average molecular weight is 655 g/mol. The molecule has 204 valence electrons. The van der Waals surface area contributed by atoms with E-state index in [4.69, 9.17) is 18.9 Å². The van der Waals surface area contributed by atoms with Gasteiger partial charge in [-0.15, -0.1) is 0 Å². The van der Waals surface area contributed by atoms with Crippen molar-refractivity contribution in [3.8, 4) is 23.1 Å². The Hall–Kier alpha value is -4.44. The van der Waals surface area contributed by atoms with E-state index in [0.717, 1.165) is 20.1 Å². The van der Waals surface area contributed by atoms with E-state index in [1.807, 2.05) is 67.6 Å². The molecular formula is C33H26IN3O4. The van der Waals surface area contributed by atoms with E-state index < -0.39 is 0 Å². The van der Waals surface area contributed by atoms with Crippen LogP contribution in [0.1, 0.15) is 23.6 Å². The molecule has 0 aliphatic carbocycles. The minimum Gasteiger partial charge on any atom is -0.490 e. The fourth-order valence-corrected chi connectivity index (χ4v) is 5.29. The molecule has 0 fully saturated rings. The Kier molecular flexibility index (Phi) is 7.56. The molecule has 0 N–H and O–H groups in total. The molecule has 4 aromatic carbocycles. The number of nitrogens with zero attached hydrogens (tertiary/aromatic N) is 3. The summed E-state index contributed by atoms with van der Waals surface area (Å²) in [6, 6.07) is 28.8. The summed E-state index contributed by atoms with van der Waals surface area (Å²) in [4.78, 5) is 18.4. The normalized spacial score (nSPS) is 11.5. The van der Waals surface area contributed by atoms with E-state index in [0.29, 0.717) is 52.8 Å². The zero-order valence-corrected chi connectivity index (χ0v) is 24.7. The lowest BCUT2D eigenvalue weighted by Gasteiger charge is -2.15. The van der Waals surface area contributed by atoms with Crippen LogP contribution in [-0.4, -0.2) is 22.5 Å². The summed E-state index contributed by atoms with van der Waals surface area (Å²) >= 11 is 2.23. The number of fused-ring (bicyclic) bond motifs is 2. The molecule has 6 rings (SSSR count). The molecule has 7 nitrogen and oxygen atoms in total. The van der Waals surface area contributed by atoms with Crippen LogP contribution in [0.15, 0.2) is 105 Å². The summed E-state index contributed by atoms with van der Waals surface area (Å²) in [6.45, 7) is 4.88. The monoisotopic (exact) mass is 655 g/mol. The number of hydrogen-bond donors (Lipinski definition) is 0. The molecule has 0 radical (unpaired) electrons. The average Bonchev–Trinajstić information content (AvgIpc) is 3.42. The van der Waals surface area contributed by atoms with Crippen molar-refractivity contribution in [1.82, 2.24) is 9.66 Å². The first kappa shape index (κ1) is 26.8. The Morgan fingerprint density at radius 1 is 0.976 bits per heavy atom. The highest BCUT2D eigenvalue weighted by Gasteiger charge is 2.17. The maximum absolute atomic E-state index is 13.6. The minimum absolute atomic E-state index is 0.292. The molecule has 0 aliphatic heterocycles. The smallest absolute Gasteiger partial charge is 0.282 e. The van der Waals surface area contributed by atoms with Gasteiger partial charge in [-0.05, 0) is 84.0 Å². The van der Waals surface area contributed by atoms with Crippen molar-refractivity contribution in [3.05, 3.63) is 122 Å². The second-order valence-corrected chi connectivity index (χ2v) is 10.7. The zero-order valence-electron chi connectivity index (χ0n) is 22.5. The first-order valence-corrected chi connectivity index (χ1v) is 14.3. The SMILES string of the molecule is CCOc1cc(C=Nn2c(-c3cc4ccccc4o3)nc3ccccc3c2=O)cc(I)c1OCc1ccc(C)cc1. The summed E-state index contributed by atoms with van der Waals surface area (Å²) in [6.07, 6.45) is 1.62. The highest BCUT2D eigenvalue weighted by molar-refractivity contribution is 14.1. The van der Waals surface area contributed by atoms with Gasteiger partial charge in [0, 0.05) is 5.39 Å². The predicted molar refractivity (Wildman–Crippen MR) is 170 cm³/mol. The summed E-state index contributed by atoms with van der Waals surface area (Å²) in [5, 5.41) is 5.98. The summed E-state index contributed by atoms with van der Waals surface area (Å²) in [5.74, 6) is 2.04. The van der Waals surface area contributed by atoms with Gasteiger partial charge in [0.25, 0.3) is 5.56 Å². The van der Waals surface area contributed by atoms with Crippen LogP contribution < -0.4 is 15.0 Å². The van der Waals surface area contributed by atoms with Crippen molar-refractivity contribution in [3.63, 3.8) is 0 Å². The number of aryl methyl sites for hydroxylation is 1. The fourth-order valence-electron chi connectivity index (χ4n) is 4.51. The summed E-state index contributed by atoms with van der Waals surface area (Å²) in [5.41, 5.74) is 4.00. The van der Waals surface area contributed by atoms with E-state index in [2.05, 4.69) is 58.9 Å². The van der Waals surface area contributed by atoms with Crippen LogP contribution >= 0.6 is 22.6 Å². The highest BCUT2D eigenvalue weighted by Crippen LogP contribution is 2.35. The molecule has 0 amide bonds. The molecule has 41 heavy (non-hydrogen) atoms. The number of halogens is 1. The third kappa shape index (κ3) is 5.60. The topological polar surface area (TPSA) is 78.9 Å². The van der Waals surface area contributed by atoms with Crippen LogP contribution in [0.4, 0.5) is 0 Å². The Balaban J connectivity index is 1.39. The lowest BCUT2D eigenvalue weighted by Crippen LogP contribution is -2.20. The van der Waals surface area contributed by atoms with Crippen molar-refractivity contribution in [2.75, 3.05) is 6.61 Å². The van der Waals surface area contributed by atoms with E-state index in [9.17, 15) is 4.79 Å². The van der Waals surface area contributed by atoms with Gasteiger partial charge in [0.05, 0.1) is 27.3 Å². The first-order valence-electron chi connectivity index (χ1n) is 13.2. The standard InChI is InChI=1S/C33H26IN3O4/c1-3-39-29-17-23(16-26(34)31(29)40-20-22-14-12-21(2)13-15-22)19-35-37-32(30-18-24-8-4-7-11-28(24)41-30)36-27-10-6-5-9-25(27)33(37)38/h4-19H,3,20H2,1-2H3. The third-order valence-corrected chi connectivity index (χ3v) is 7.36. The Bertz CT molecular complexity index is 1930. The van der Waals surface area contributed by atoms with Crippen molar-refractivity contribution in [2.24, 2.45) is 5.10 Å². The van der Waals surface area contributed by atoms with E-state index >= 15 is 0 Å². The number of para-hydroxylation sites is 2. The molecular weight excluding hydrogens is 629 g/mol. The number of aromatic nitrogens is 2. The molecule has 0 aliphatic rings. The number of furan rings is 1. The Labute approximate surface area is 250 Å². The van der Waals surface area contributed by atoms with Crippen LogP contribution in [0.2, 0.25) is 0 Å². The van der Waals surface area contributed by atoms with Gasteiger partial charge in [-0.1, -0.05) is 60.2 Å². The quantitative estimate of drug-likeness (QED) is 0.125. The molecule has 0 atom stereocenters. The van der Waals surface area contributed by atoms with E-state index in [1.54, 1.807) is 12.3 Å². The van der Waals surface area contributed by atoms with Gasteiger partial charge in [0.15, 0.2) is 17.3 Å². The fraction of sp³-hybridized carbons (Fsp3) is 0.121. The predicted octanol–water partition coefficient (Wildman–Crippen LogP) is 7.58. The van der Waals surface area contributed by atoms with E-state index in [-0.39, 0.29) is 5.56 Å². The lowest BCUT2D eigenvalue weighted by atomic mass is 10.2. The number of rotatable bonds is 8. The Morgan fingerprint density at radius 3 is 2.56 bits per heavy atom. The molecule has 8 heteroatoms. The van der Waals surface area contributed by atoms with Crippen molar-refractivity contribution < 1.29 is 13.9 Å². The zero-order chi connectivity index (χ0) is 28.3. The number of hydrogen-bond acceptors (Lipinski definition) is 6. The maximum atomic E-state index is 13.6. The first-order chi connectivity index (χ1) is 20.0. The van der Waals surface area contributed by atoms with Gasteiger partial charge in [0.1, 0.15) is 12.2 Å². The highest BCUT2D eigenvalue weighted by atomic mass is 127. The molecule has 2 heterocycles. The van der Waals surface area contributed by atoms with Gasteiger partial charge in [0.2, 0.25) is 5.82 Å². The van der Waals surface area contributed by atoms with Crippen LogP contribution in [0.5, 0.6) is 11.5 Å². The second kappa shape index (κ2) is 11.6. The van der Waals surface area contributed by atoms with Gasteiger partial charge in [-0.25, -0.2) is 4.98 Å². The molecule has 2 aromatic heterocycles. The van der Waals surface area contributed by atoms with Crippen molar-refractivity contribution >= 4 is 50.7 Å². The van der Waals surface area contributed by atoms with Crippen LogP contribution in [0.3, 0.4) is 0 Å². The molecule has 0 bridgehead atoms. The number of ether oxygens (including phenoxy) is 2. The van der Waals surface area contributed by atoms with Crippen LogP contribution in [0, 0.1) is 10.5 Å². The summed E-state index contributed by atoms with van der Waals surface area (Å²) < 4.78 is 20.3. The van der Waals surface area contributed by atoms with Crippen LogP contribution in [-0.2, 0) is 6.61 Å². The van der Waals surface area contributed by atoms with Gasteiger partial charge in [-0.2, -0.15) is 9.78 Å². The third-order valence-electron chi connectivity index (χ3n) is 6.56. The summed E-state index contributed by atoms with van der Waals surface area (Å²) in [7, 11) is 0. The molecule has 6 aromatic rings. The molecule has 0 saturated heterocycles.